The molecule has 0 aromatic heterocycles. The Hall–Kier alpha value is -2.00. The van der Waals surface area contributed by atoms with Gasteiger partial charge >= 0.3 is 0 Å². The topological polar surface area (TPSA) is 57.5 Å². The second kappa shape index (κ2) is 4.47. The van der Waals surface area contributed by atoms with Gasteiger partial charge in [0, 0.05) is 11.1 Å². The van der Waals surface area contributed by atoms with E-state index in [4.69, 9.17) is 16.7 Å². The van der Waals surface area contributed by atoms with E-state index < -0.39 is 0 Å². The van der Waals surface area contributed by atoms with Gasteiger partial charge in [0.05, 0.1) is 5.02 Å². The third-order valence-corrected chi connectivity index (χ3v) is 2.64. The number of carbonyl (C=O) groups is 1. The Balaban J connectivity index is 2.40. The minimum atomic E-state index is -0.255. The van der Waals surface area contributed by atoms with Crippen LogP contribution in [0, 0.1) is 0 Å². The monoisotopic (exact) mass is 248 g/mol. The lowest BCUT2D eigenvalue weighted by molar-refractivity contribution is 0.103. The molecule has 0 fully saturated rings. The summed E-state index contributed by atoms with van der Waals surface area (Å²) in [4.78, 5) is 12.0. The number of phenols is 2. The van der Waals surface area contributed by atoms with Gasteiger partial charge in [-0.3, -0.25) is 4.79 Å². The lowest BCUT2D eigenvalue weighted by Crippen LogP contribution is -2.01. The third-order valence-electron chi connectivity index (χ3n) is 2.33. The molecule has 0 aliphatic heterocycles. The van der Waals surface area contributed by atoms with Crippen molar-refractivity contribution in [1.29, 1.82) is 0 Å². The molecular weight excluding hydrogens is 240 g/mol. The van der Waals surface area contributed by atoms with E-state index in [9.17, 15) is 9.90 Å². The summed E-state index contributed by atoms with van der Waals surface area (Å²) in [6.07, 6.45) is 0. The highest BCUT2D eigenvalue weighted by molar-refractivity contribution is 6.35. The number of rotatable bonds is 2. The van der Waals surface area contributed by atoms with Gasteiger partial charge < -0.3 is 10.2 Å². The van der Waals surface area contributed by atoms with E-state index in [1.165, 1.54) is 42.5 Å². The number of hydrogen-bond acceptors (Lipinski definition) is 3. The minimum Gasteiger partial charge on any atom is -0.508 e. The van der Waals surface area contributed by atoms with Crippen molar-refractivity contribution in [3.05, 3.63) is 58.6 Å². The van der Waals surface area contributed by atoms with Gasteiger partial charge in [-0.15, -0.1) is 0 Å². The quantitative estimate of drug-likeness (QED) is 0.804. The molecule has 0 aliphatic rings. The number of carbonyl (C=O) groups excluding carboxylic acids is 1. The summed E-state index contributed by atoms with van der Waals surface area (Å²) < 4.78 is 0. The predicted molar refractivity (Wildman–Crippen MR) is 64.7 cm³/mol. The second-order valence-electron chi connectivity index (χ2n) is 3.54. The maximum Gasteiger partial charge on any atom is 0.194 e. The van der Waals surface area contributed by atoms with Crippen LogP contribution in [0.15, 0.2) is 42.5 Å². The van der Waals surface area contributed by atoms with Crippen molar-refractivity contribution in [1.82, 2.24) is 0 Å². The molecule has 3 nitrogen and oxygen atoms in total. The number of ketones is 1. The zero-order chi connectivity index (χ0) is 12.4. The van der Waals surface area contributed by atoms with E-state index in [1.807, 2.05) is 0 Å². The van der Waals surface area contributed by atoms with Gasteiger partial charge in [-0.2, -0.15) is 0 Å². The van der Waals surface area contributed by atoms with Crippen LogP contribution in [0.25, 0.3) is 0 Å². The molecular formula is C13H9ClO3. The maximum absolute atomic E-state index is 12.0. The summed E-state index contributed by atoms with van der Waals surface area (Å²) in [7, 11) is 0. The van der Waals surface area contributed by atoms with Crippen molar-refractivity contribution < 1.29 is 15.0 Å². The van der Waals surface area contributed by atoms with Crippen molar-refractivity contribution in [2.24, 2.45) is 0 Å². The first-order chi connectivity index (χ1) is 8.08. The van der Waals surface area contributed by atoms with E-state index in [2.05, 4.69) is 0 Å². The zero-order valence-electron chi connectivity index (χ0n) is 8.72. The molecule has 0 spiro atoms. The smallest absolute Gasteiger partial charge is 0.194 e. The summed E-state index contributed by atoms with van der Waals surface area (Å²) in [6, 6.07) is 10.1. The number of halogens is 1. The molecule has 2 aromatic carbocycles. The third kappa shape index (κ3) is 2.40. The summed E-state index contributed by atoms with van der Waals surface area (Å²) in [6.45, 7) is 0. The van der Waals surface area contributed by atoms with Crippen molar-refractivity contribution in [3.8, 4) is 11.5 Å². The Morgan fingerprint density at radius 3 is 2.12 bits per heavy atom. The molecule has 0 atom stereocenters. The van der Waals surface area contributed by atoms with E-state index >= 15 is 0 Å². The van der Waals surface area contributed by atoms with E-state index in [-0.39, 0.29) is 22.3 Å². The Bertz CT molecular complexity index is 561. The highest BCUT2D eigenvalue weighted by atomic mass is 35.5. The fourth-order valence-electron chi connectivity index (χ4n) is 1.46. The van der Waals surface area contributed by atoms with Gasteiger partial charge in [-0.1, -0.05) is 11.6 Å². The first-order valence-electron chi connectivity index (χ1n) is 4.90. The molecule has 0 aliphatic carbocycles. The van der Waals surface area contributed by atoms with Crippen LogP contribution in [0.3, 0.4) is 0 Å². The average Bonchev–Trinajstić information content (AvgIpc) is 2.29. The van der Waals surface area contributed by atoms with Crippen LogP contribution in [0.1, 0.15) is 15.9 Å². The number of hydrogen-bond donors (Lipinski definition) is 2. The van der Waals surface area contributed by atoms with Crippen molar-refractivity contribution >= 4 is 17.4 Å². The maximum atomic E-state index is 12.0. The fourth-order valence-corrected chi connectivity index (χ4v) is 1.72. The second-order valence-corrected chi connectivity index (χ2v) is 3.95. The number of benzene rings is 2. The van der Waals surface area contributed by atoms with Gasteiger partial charge in [-0.25, -0.2) is 0 Å². The van der Waals surface area contributed by atoms with E-state index in [0.29, 0.717) is 11.1 Å². The lowest BCUT2D eigenvalue weighted by Gasteiger charge is -2.04. The van der Waals surface area contributed by atoms with Gasteiger partial charge in [0.25, 0.3) is 0 Å². The molecule has 0 amide bonds. The standard InChI is InChI=1S/C13H9ClO3/c14-12-7-10(16)5-6-11(12)13(17)8-1-3-9(15)4-2-8/h1-7,15-16H. The van der Waals surface area contributed by atoms with Gasteiger partial charge in [-0.05, 0) is 42.5 Å². The summed E-state index contributed by atoms with van der Waals surface area (Å²) in [5.41, 5.74) is 0.741. The lowest BCUT2D eigenvalue weighted by atomic mass is 10.0. The van der Waals surface area contributed by atoms with Gasteiger partial charge in [0.2, 0.25) is 0 Å². The molecule has 0 saturated heterocycles. The Morgan fingerprint density at radius 1 is 0.941 bits per heavy atom. The van der Waals surface area contributed by atoms with E-state index in [1.54, 1.807) is 0 Å². The van der Waals surface area contributed by atoms with Crippen LogP contribution in [-0.4, -0.2) is 16.0 Å². The first-order valence-corrected chi connectivity index (χ1v) is 5.28. The highest BCUT2D eigenvalue weighted by Crippen LogP contribution is 2.24. The van der Waals surface area contributed by atoms with Crippen LogP contribution in [0.4, 0.5) is 0 Å². The van der Waals surface area contributed by atoms with Crippen LogP contribution in [0.2, 0.25) is 5.02 Å². The van der Waals surface area contributed by atoms with Gasteiger partial charge in [0.1, 0.15) is 11.5 Å². The summed E-state index contributed by atoms with van der Waals surface area (Å²) in [5, 5.41) is 18.5. The Labute approximate surface area is 103 Å². The largest absolute Gasteiger partial charge is 0.508 e. The molecule has 0 bridgehead atoms. The molecule has 0 saturated carbocycles. The highest BCUT2D eigenvalue weighted by Gasteiger charge is 2.13. The van der Waals surface area contributed by atoms with Crippen molar-refractivity contribution in [2.75, 3.05) is 0 Å². The molecule has 17 heavy (non-hydrogen) atoms. The normalized spacial score (nSPS) is 10.2. The van der Waals surface area contributed by atoms with Crippen LogP contribution in [0.5, 0.6) is 11.5 Å². The van der Waals surface area contributed by atoms with Gasteiger partial charge in [0.15, 0.2) is 5.78 Å². The van der Waals surface area contributed by atoms with Crippen LogP contribution < -0.4 is 0 Å². The number of aromatic hydroxyl groups is 2. The molecule has 2 N–H and O–H groups in total. The van der Waals surface area contributed by atoms with Crippen LogP contribution in [-0.2, 0) is 0 Å². The molecule has 4 heteroatoms. The van der Waals surface area contributed by atoms with Crippen molar-refractivity contribution in [2.45, 2.75) is 0 Å². The van der Waals surface area contributed by atoms with Crippen LogP contribution >= 0.6 is 11.6 Å². The zero-order valence-corrected chi connectivity index (χ0v) is 9.48. The Morgan fingerprint density at radius 2 is 1.53 bits per heavy atom. The number of phenolic OH excluding ortho intramolecular Hbond substituents is 2. The Kier molecular flexibility index (Phi) is 3.02. The fraction of sp³-hybridized carbons (Fsp3) is 0. The summed E-state index contributed by atoms with van der Waals surface area (Å²) >= 11 is 5.88. The van der Waals surface area contributed by atoms with Crippen molar-refractivity contribution in [3.63, 3.8) is 0 Å². The minimum absolute atomic E-state index is 0.0113. The molecule has 86 valence electrons. The molecule has 0 radical (unpaired) electrons. The average molecular weight is 249 g/mol. The SMILES string of the molecule is O=C(c1ccc(O)cc1)c1ccc(O)cc1Cl. The molecule has 0 heterocycles. The van der Waals surface area contributed by atoms with E-state index in [0.717, 1.165) is 0 Å². The molecule has 2 aromatic rings. The molecule has 0 unspecified atom stereocenters. The molecule has 2 rings (SSSR count). The first kappa shape index (κ1) is 11.5. The summed E-state index contributed by atoms with van der Waals surface area (Å²) in [5.74, 6) is -0.148. The predicted octanol–water partition coefficient (Wildman–Crippen LogP) is 2.98.